The largest absolute Gasteiger partial charge is 1.00 e. The predicted molar refractivity (Wildman–Crippen MR) is 49.6 cm³/mol. The maximum absolute atomic E-state index is 5.04. The Balaban J connectivity index is 0.000000720. The minimum Gasteiger partial charge on any atom is -0.780 e. The maximum Gasteiger partial charge on any atom is 1.00 e. The van der Waals surface area contributed by atoms with Gasteiger partial charge >= 0.3 is 29.6 Å². The van der Waals surface area contributed by atoms with Gasteiger partial charge in [0.2, 0.25) is 0 Å². The number of hydrogen-bond donors (Lipinski definition) is 0. The summed E-state index contributed by atoms with van der Waals surface area (Å²) < 4.78 is 0. The van der Waals surface area contributed by atoms with E-state index in [9.17, 15) is 0 Å². The number of fused-ring (bicyclic) bond motifs is 1. The van der Waals surface area contributed by atoms with Crippen LogP contribution in [0.15, 0.2) is 47.4 Å². The summed E-state index contributed by atoms with van der Waals surface area (Å²) in [7, 11) is 0. The molecule has 0 N–H and O–H groups in total. The molecule has 0 aliphatic rings. The predicted octanol–water partition coefficient (Wildman–Crippen LogP) is -0.250. The third kappa shape index (κ3) is 1.99. The molecule has 0 radical (unpaired) electrons. The monoisotopic (exact) mass is 182 g/mol. The Hall–Kier alpha value is -0.0800. The van der Waals surface area contributed by atoms with E-state index >= 15 is 0 Å². The van der Waals surface area contributed by atoms with Gasteiger partial charge in [-0.05, 0) is 10.8 Å². The zero-order chi connectivity index (χ0) is 7.68. The minimum atomic E-state index is 0. The van der Waals surface area contributed by atoms with E-state index in [4.69, 9.17) is 12.6 Å². The minimum absolute atomic E-state index is 0. The van der Waals surface area contributed by atoms with Crippen molar-refractivity contribution in [1.29, 1.82) is 0 Å². The van der Waals surface area contributed by atoms with Gasteiger partial charge in [0.1, 0.15) is 0 Å². The molecule has 0 amide bonds. The molecule has 0 bridgehead atoms. The molecule has 2 heteroatoms. The second-order valence-electron chi connectivity index (χ2n) is 2.51. The van der Waals surface area contributed by atoms with E-state index in [2.05, 4.69) is 18.2 Å². The Labute approximate surface area is 99.7 Å². The van der Waals surface area contributed by atoms with E-state index in [0.717, 1.165) is 4.90 Å². The van der Waals surface area contributed by atoms with Crippen LogP contribution in [0.25, 0.3) is 10.8 Å². The first-order chi connectivity index (χ1) is 5.36. The van der Waals surface area contributed by atoms with Gasteiger partial charge in [-0.3, -0.25) is 0 Å². The molecule has 54 valence electrons. The Morgan fingerprint density at radius 3 is 2.25 bits per heavy atom. The summed E-state index contributed by atoms with van der Waals surface area (Å²) in [6.45, 7) is 0. The Bertz CT molecular complexity index is 384. The van der Waals surface area contributed by atoms with Crippen LogP contribution in [-0.2, 0) is 12.6 Å². The van der Waals surface area contributed by atoms with Crippen LogP contribution < -0.4 is 29.6 Å². The summed E-state index contributed by atoms with van der Waals surface area (Å²) in [6, 6.07) is 14.2. The molecule has 0 unspecified atom stereocenters. The van der Waals surface area contributed by atoms with Crippen molar-refractivity contribution in [3.05, 3.63) is 42.5 Å². The normalized spacial score (nSPS) is 9.33. The number of hydrogen-bond acceptors (Lipinski definition) is 1. The number of benzene rings is 2. The molecule has 2 aromatic rings. The molecular formula is C10H7NaS. The van der Waals surface area contributed by atoms with Crippen LogP contribution in [0.3, 0.4) is 0 Å². The fraction of sp³-hybridized carbons (Fsp3) is 0. The van der Waals surface area contributed by atoms with Crippen LogP contribution in [-0.4, -0.2) is 0 Å². The molecule has 0 nitrogen and oxygen atoms in total. The molecular weight excluding hydrogens is 175 g/mol. The van der Waals surface area contributed by atoms with Crippen LogP contribution in [0.1, 0.15) is 0 Å². The second kappa shape index (κ2) is 4.24. The van der Waals surface area contributed by atoms with E-state index in [1.165, 1.54) is 10.8 Å². The molecule has 0 aliphatic carbocycles. The van der Waals surface area contributed by atoms with Gasteiger partial charge in [0.05, 0.1) is 0 Å². The van der Waals surface area contributed by atoms with Gasteiger partial charge in [0.25, 0.3) is 0 Å². The number of rotatable bonds is 0. The maximum atomic E-state index is 5.04. The molecule has 0 saturated heterocycles. The summed E-state index contributed by atoms with van der Waals surface area (Å²) in [5.41, 5.74) is 0. The molecule has 2 aromatic carbocycles. The molecule has 12 heavy (non-hydrogen) atoms. The Morgan fingerprint density at radius 1 is 0.833 bits per heavy atom. The van der Waals surface area contributed by atoms with E-state index in [0.29, 0.717) is 0 Å². The molecule has 0 atom stereocenters. The van der Waals surface area contributed by atoms with Crippen molar-refractivity contribution in [3.8, 4) is 0 Å². The third-order valence-electron chi connectivity index (χ3n) is 1.72. The summed E-state index contributed by atoms with van der Waals surface area (Å²) in [4.78, 5) is 0.906. The Morgan fingerprint density at radius 2 is 1.50 bits per heavy atom. The second-order valence-corrected chi connectivity index (χ2v) is 2.98. The van der Waals surface area contributed by atoms with Crippen LogP contribution in [0, 0.1) is 0 Å². The summed E-state index contributed by atoms with van der Waals surface area (Å²) in [6.07, 6.45) is 0. The SMILES string of the molecule is [Na+].[S-]c1ccc2ccccc2c1. The zero-order valence-electron chi connectivity index (χ0n) is 6.95. The first-order valence-electron chi connectivity index (χ1n) is 3.52. The van der Waals surface area contributed by atoms with E-state index in [1.807, 2.05) is 24.3 Å². The van der Waals surface area contributed by atoms with Gasteiger partial charge < -0.3 is 12.6 Å². The fourth-order valence-corrected chi connectivity index (χ4v) is 1.36. The average Bonchev–Trinajstić information content (AvgIpc) is 2.04. The first kappa shape index (κ1) is 10.0. The van der Waals surface area contributed by atoms with Gasteiger partial charge in [0, 0.05) is 0 Å². The first-order valence-corrected chi connectivity index (χ1v) is 3.93. The van der Waals surface area contributed by atoms with Crippen LogP contribution in [0.2, 0.25) is 0 Å². The van der Waals surface area contributed by atoms with Crippen LogP contribution in [0.5, 0.6) is 0 Å². The topological polar surface area (TPSA) is 0 Å². The Kier molecular flexibility index (Phi) is 3.53. The van der Waals surface area contributed by atoms with Crippen LogP contribution >= 0.6 is 0 Å². The molecule has 0 aromatic heterocycles. The molecule has 0 fully saturated rings. The summed E-state index contributed by atoms with van der Waals surface area (Å²) >= 11 is 5.04. The van der Waals surface area contributed by atoms with E-state index in [-0.39, 0.29) is 29.6 Å². The third-order valence-corrected chi connectivity index (χ3v) is 1.97. The molecule has 0 saturated carbocycles. The van der Waals surface area contributed by atoms with Crippen molar-refractivity contribution >= 4 is 23.4 Å². The smallest absolute Gasteiger partial charge is 0.780 e. The van der Waals surface area contributed by atoms with Crippen molar-refractivity contribution < 1.29 is 29.6 Å². The van der Waals surface area contributed by atoms with E-state index < -0.39 is 0 Å². The molecule has 0 spiro atoms. The van der Waals surface area contributed by atoms with Crippen molar-refractivity contribution in [3.63, 3.8) is 0 Å². The van der Waals surface area contributed by atoms with Gasteiger partial charge in [-0.2, -0.15) is 4.90 Å². The van der Waals surface area contributed by atoms with Gasteiger partial charge in [0.15, 0.2) is 0 Å². The van der Waals surface area contributed by atoms with Crippen molar-refractivity contribution in [2.24, 2.45) is 0 Å². The quantitative estimate of drug-likeness (QED) is 0.400. The van der Waals surface area contributed by atoms with Crippen molar-refractivity contribution in [2.75, 3.05) is 0 Å². The van der Waals surface area contributed by atoms with Crippen molar-refractivity contribution in [2.45, 2.75) is 4.90 Å². The summed E-state index contributed by atoms with van der Waals surface area (Å²) in [5, 5.41) is 2.47. The van der Waals surface area contributed by atoms with Crippen LogP contribution in [0.4, 0.5) is 0 Å². The zero-order valence-corrected chi connectivity index (χ0v) is 9.77. The van der Waals surface area contributed by atoms with Gasteiger partial charge in [-0.1, -0.05) is 42.5 Å². The molecule has 2 rings (SSSR count). The van der Waals surface area contributed by atoms with Gasteiger partial charge in [-0.15, -0.1) is 0 Å². The molecule has 0 heterocycles. The van der Waals surface area contributed by atoms with E-state index in [1.54, 1.807) is 0 Å². The fourth-order valence-electron chi connectivity index (χ4n) is 1.17. The average molecular weight is 182 g/mol. The molecule has 0 aliphatic heterocycles. The standard InChI is InChI=1S/C10H8S.Na/c11-10-6-5-8-3-1-2-4-9(8)7-10;/h1-7,11H;/q;+1/p-1. The van der Waals surface area contributed by atoms with Crippen molar-refractivity contribution in [1.82, 2.24) is 0 Å². The van der Waals surface area contributed by atoms with Gasteiger partial charge in [-0.25, -0.2) is 0 Å². The summed E-state index contributed by atoms with van der Waals surface area (Å²) in [5.74, 6) is 0.